The van der Waals surface area contributed by atoms with Gasteiger partial charge < -0.3 is 4.42 Å². The molecule has 0 bridgehead atoms. The summed E-state index contributed by atoms with van der Waals surface area (Å²) in [6.07, 6.45) is 3.70. The number of hydrogen-bond acceptors (Lipinski definition) is 3. The van der Waals surface area contributed by atoms with Crippen LogP contribution in [-0.2, 0) is 12.8 Å². The van der Waals surface area contributed by atoms with Crippen molar-refractivity contribution in [3.8, 4) is 11.3 Å². The normalized spacial score (nSPS) is 13.3. The molecule has 30 heavy (non-hydrogen) atoms. The molecule has 0 N–H and O–H groups in total. The molecule has 0 unspecified atom stereocenters. The van der Waals surface area contributed by atoms with Gasteiger partial charge in [-0.1, -0.05) is 30.3 Å². The first kappa shape index (κ1) is 15.4. The highest BCUT2D eigenvalue weighted by Crippen LogP contribution is 2.34. The van der Waals surface area contributed by atoms with Crippen LogP contribution in [0.5, 0.6) is 0 Å². The Bertz CT molecular complexity index is 1480. The lowest BCUT2D eigenvalue weighted by Gasteiger charge is -2.07. The number of aromatic nitrogens is 2. The van der Waals surface area contributed by atoms with Crippen LogP contribution < -0.4 is 0 Å². The highest BCUT2D eigenvalue weighted by Gasteiger charge is 2.14. The number of furan rings is 1. The van der Waals surface area contributed by atoms with Gasteiger partial charge in [0.2, 0.25) is 5.71 Å². The summed E-state index contributed by atoms with van der Waals surface area (Å²) in [7, 11) is 0. The van der Waals surface area contributed by atoms with E-state index in [9.17, 15) is 0 Å². The third-order valence-electron chi connectivity index (χ3n) is 5.74. The summed E-state index contributed by atoms with van der Waals surface area (Å²) in [6, 6.07) is 20.0. The average molecular weight is 396 g/mol. The molecular formula is C27H24N2O. The molecule has 0 aliphatic rings. The van der Waals surface area contributed by atoms with Gasteiger partial charge in [0.25, 0.3) is 0 Å². The molecule has 5 aromatic rings. The zero-order valence-corrected chi connectivity index (χ0v) is 17.1. The maximum atomic E-state index is 7.63. The fourth-order valence-electron chi connectivity index (χ4n) is 3.91. The minimum atomic E-state index is -2.28. The van der Waals surface area contributed by atoms with E-state index in [1.54, 1.807) is 12.1 Å². The Labute approximate surface area is 180 Å². The lowest BCUT2D eigenvalue weighted by atomic mass is 9.99. The second-order valence-electron chi connectivity index (χ2n) is 7.80. The van der Waals surface area contributed by atoms with Crippen LogP contribution >= 0.6 is 0 Å². The van der Waals surface area contributed by atoms with E-state index >= 15 is 0 Å². The molecule has 0 fully saturated rings. The molecule has 5 rings (SSSR count). The molecule has 148 valence electrons. The van der Waals surface area contributed by atoms with Gasteiger partial charge in [-0.3, -0.25) is 4.98 Å². The van der Waals surface area contributed by atoms with E-state index in [0.717, 1.165) is 34.9 Å². The first-order chi connectivity index (χ1) is 15.8. The van der Waals surface area contributed by atoms with Crippen LogP contribution in [-0.4, -0.2) is 9.97 Å². The van der Waals surface area contributed by atoms with Gasteiger partial charge in [0.05, 0.1) is 5.69 Å². The summed E-state index contributed by atoms with van der Waals surface area (Å²) in [6.45, 7) is 2.00. The van der Waals surface area contributed by atoms with Gasteiger partial charge in [0.1, 0.15) is 5.58 Å². The van der Waals surface area contributed by atoms with Gasteiger partial charge in [-0.15, -0.1) is 0 Å². The summed E-state index contributed by atoms with van der Waals surface area (Å²) in [5.41, 5.74) is 7.88. The lowest BCUT2D eigenvalue weighted by Crippen LogP contribution is -1.94. The summed E-state index contributed by atoms with van der Waals surface area (Å²) in [5.74, 6) is 0. The monoisotopic (exact) mass is 395 g/mol. The van der Waals surface area contributed by atoms with Crippen molar-refractivity contribution in [3.05, 3.63) is 94.8 Å². The number of pyridine rings is 2. The van der Waals surface area contributed by atoms with E-state index in [4.69, 9.17) is 8.53 Å². The van der Waals surface area contributed by atoms with Gasteiger partial charge >= 0.3 is 0 Å². The standard InChI is InChI=1S/C27H24N2O/c1-17-7-9-20(15-18(17)2)10-11-21-13-14-28-25(16-21)24-6-4-5-22-23-12-8-19(3)29-27(23)30-26(22)24/h4-9,12-16H,10-11H2,1-3H3/i3D3. The van der Waals surface area contributed by atoms with Crippen LogP contribution in [0.2, 0.25) is 0 Å². The first-order valence-corrected chi connectivity index (χ1v) is 10.1. The van der Waals surface area contributed by atoms with Crippen molar-refractivity contribution in [2.75, 3.05) is 0 Å². The van der Waals surface area contributed by atoms with E-state index in [0.29, 0.717) is 11.3 Å². The van der Waals surface area contributed by atoms with Crippen molar-refractivity contribution in [1.29, 1.82) is 0 Å². The van der Waals surface area contributed by atoms with Gasteiger partial charge in [-0.2, -0.15) is 0 Å². The molecule has 0 amide bonds. The van der Waals surface area contributed by atoms with E-state index in [2.05, 4.69) is 48.1 Å². The highest BCUT2D eigenvalue weighted by molar-refractivity contribution is 6.08. The van der Waals surface area contributed by atoms with Crippen molar-refractivity contribution in [2.24, 2.45) is 0 Å². The Morgan fingerprint density at radius 1 is 0.867 bits per heavy atom. The van der Waals surface area contributed by atoms with Gasteiger partial charge in [-0.25, -0.2) is 4.98 Å². The number of aryl methyl sites for hydroxylation is 5. The second kappa shape index (κ2) is 7.42. The molecule has 2 aromatic carbocycles. The number of para-hydroxylation sites is 1. The zero-order valence-electron chi connectivity index (χ0n) is 20.1. The first-order valence-electron chi connectivity index (χ1n) is 11.6. The number of rotatable bonds is 4. The molecule has 0 saturated heterocycles. The maximum Gasteiger partial charge on any atom is 0.227 e. The Hall–Kier alpha value is -3.46. The third kappa shape index (κ3) is 3.37. The van der Waals surface area contributed by atoms with Gasteiger partial charge in [0, 0.05) is 32.3 Å². The summed E-state index contributed by atoms with van der Waals surface area (Å²) >= 11 is 0. The Balaban J connectivity index is 1.50. The number of hydrogen-bond donors (Lipinski definition) is 0. The van der Waals surface area contributed by atoms with E-state index in [1.165, 1.54) is 22.3 Å². The largest absolute Gasteiger partial charge is 0.437 e. The zero-order chi connectivity index (χ0) is 23.2. The molecule has 0 radical (unpaired) electrons. The number of nitrogens with zero attached hydrogens (tertiary/aromatic N) is 2. The molecule has 0 aliphatic heterocycles. The SMILES string of the molecule is [2H]C([2H])([2H])c1ccc2c(n1)oc1c(-c3cc(CCc4ccc(C)c(C)c4)ccn3)cccc12. The molecule has 0 saturated carbocycles. The summed E-state index contributed by atoms with van der Waals surface area (Å²) in [5, 5.41) is 1.69. The molecule has 0 atom stereocenters. The summed E-state index contributed by atoms with van der Waals surface area (Å²) in [4.78, 5) is 8.86. The Morgan fingerprint density at radius 3 is 2.57 bits per heavy atom. The van der Waals surface area contributed by atoms with Crippen LogP contribution in [0.1, 0.15) is 32.1 Å². The fraction of sp³-hybridized carbons (Fsp3) is 0.185. The quantitative estimate of drug-likeness (QED) is 0.338. The topological polar surface area (TPSA) is 38.9 Å². The smallest absolute Gasteiger partial charge is 0.227 e. The van der Waals surface area contributed by atoms with Crippen LogP contribution in [0.15, 0.2) is 71.3 Å². The molecule has 0 aliphatic carbocycles. The molecule has 3 heterocycles. The van der Waals surface area contributed by atoms with Crippen LogP contribution in [0.25, 0.3) is 33.3 Å². The van der Waals surface area contributed by atoms with Crippen molar-refractivity contribution in [1.82, 2.24) is 9.97 Å². The van der Waals surface area contributed by atoms with Gasteiger partial charge in [0.15, 0.2) is 0 Å². The molecule has 3 heteroatoms. The van der Waals surface area contributed by atoms with Gasteiger partial charge in [-0.05, 0) is 86.1 Å². The van der Waals surface area contributed by atoms with E-state index < -0.39 is 6.85 Å². The molecule has 0 spiro atoms. The van der Waals surface area contributed by atoms with Crippen molar-refractivity contribution < 1.29 is 8.53 Å². The average Bonchev–Trinajstić information content (AvgIpc) is 3.17. The lowest BCUT2D eigenvalue weighted by molar-refractivity contribution is 0.653. The predicted molar refractivity (Wildman–Crippen MR) is 123 cm³/mol. The van der Waals surface area contributed by atoms with E-state index in [-0.39, 0.29) is 5.69 Å². The number of benzene rings is 2. The fourth-order valence-corrected chi connectivity index (χ4v) is 3.91. The van der Waals surface area contributed by atoms with Crippen molar-refractivity contribution >= 4 is 22.1 Å². The second-order valence-corrected chi connectivity index (χ2v) is 7.80. The molecule has 3 aromatic heterocycles. The Kier molecular flexibility index (Phi) is 3.80. The minimum Gasteiger partial charge on any atom is -0.437 e. The Morgan fingerprint density at radius 2 is 1.73 bits per heavy atom. The molecular weight excluding hydrogens is 368 g/mol. The highest BCUT2D eigenvalue weighted by atomic mass is 16.3. The van der Waals surface area contributed by atoms with Crippen LogP contribution in [0, 0.1) is 20.7 Å². The minimum absolute atomic E-state index is 0.0297. The number of fused-ring (bicyclic) bond motifs is 3. The van der Waals surface area contributed by atoms with Crippen LogP contribution in [0.4, 0.5) is 0 Å². The summed E-state index contributed by atoms with van der Waals surface area (Å²) < 4.78 is 28.9. The van der Waals surface area contributed by atoms with Crippen LogP contribution in [0.3, 0.4) is 0 Å². The van der Waals surface area contributed by atoms with Crippen molar-refractivity contribution in [2.45, 2.75) is 33.5 Å². The van der Waals surface area contributed by atoms with Crippen molar-refractivity contribution in [3.63, 3.8) is 0 Å². The maximum absolute atomic E-state index is 7.63. The third-order valence-corrected chi connectivity index (χ3v) is 5.74. The predicted octanol–water partition coefficient (Wildman–Crippen LogP) is 6.75. The molecule has 3 nitrogen and oxygen atoms in total. The van der Waals surface area contributed by atoms with E-state index in [1.807, 2.05) is 30.5 Å².